The summed E-state index contributed by atoms with van der Waals surface area (Å²) < 4.78 is 6.83. The first kappa shape index (κ1) is 22.9. The van der Waals surface area contributed by atoms with E-state index >= 15 is 0 Å². The van der Waals surface area contributed by atoms with Gasteiger partial charge in [-0.05, 0) is 55.3 Å². The molecule has 0 aliphatic carbocycles. The number of rotatable bonds is 11. The Labute approximate surface area is 193 Å². The first-order valence-corrected chi connectivity index (χ1v) is 11.6. The number of hydrazone groups is 1. The van der Waals surface area contributed by atoms with Crippen molar-refractivity contribution in [2.24, 2.45) is 5.10 Å². The molecule has 0 saturated carbocycles. The quantitative estimate of drug-likeness (QED) is 0.182. The molecule has 0 saturated heterocycles. The molecule has 0 atom stereocenters. The van der Waals surface area contributed by atoms with Crippen LogP contribution < -0.4 is 10.2 Å². The number of hydrogen-bond donors (Lipinski definition) is 1. The molecule has 1 aromatic heterocycles. The molecule has 0 bridgehead atoms. The molecule has 3 rings (SSSR count). The molecular formula is C25H29BrN4O. The number of halogens is 1. The van der Waals surface area contributed by atoms with Gasteiger partial charge in [-0.1, -0.05) is 60.7 Å². The van der Waals surface area contributed by atoms with Gasteiger partial charge in [-0.3, -0.25) is 5.43 Å². The van der Waals surface area contributed by atoms with E-state index in [9.17, 15) is 0 Å². The van der Waals surface area contributed by atoms with Crippen LogP contribution in [0.3, 0.4) is 0 Å². The van der Waals surface area contributed by atoms with Crippen LogP contribution in [0.2, 0.25) is 0 Å². The van der Waals surface area contributed by atoms with Crippen LogP contribution in [-0.2, 0) is 0 Å². The largest absolute Gasteiger partial charge is 0.494 e. The van der Waals surface area contributed by atoms with Crippen molar-refractivity contribution in [2.45, 2.75) is 46.0 Å². The van der Waals surface area contributed by atoms with E-state index in [0.717, 1.165) is 40.1 Å². The molecular weight excluding hydrogens is 452 g/mol. The van der Waals surface area contributed by atoms with Crippen molar-refractivity contribution in [2.75, 3.05) is 12.0 Å². The third-order valence-corrected chi connectivity index (χ3v) is 5.27. The van der Waals surface area contributed by atoms with Crippen molar-refractivity contribution >= 4 is 28.0 Å². The Hall–Kier alpha value is -2.73. The van der Waals surface area contributed by atoms with E-state index in [-0.39, 0.29) is 0 Å². The summed E-state index contributed by atoms with van der Waals surface area (Å²) in [6, 6.07) is 17.8. The fourth-order valence-electron chi connectivity index (χ4n) is 3.07. The molecule has 3 aromatic rings. The molecule has 162 valence electrons. The third kappa shape index (κ3) is 7.79. The minimum absolute atomic E-state index is 0.657. The molecule has 0 aliphatic heterocycles. The molecule has 1 N–H and O–H groups in total. The highest BCUT2D eigenvalue weighted by molar-refractivity contribution is 9.10. The van der Waals surface area contributed by atoms with Crippen molar-refractivity contribution in [1.29, 1.82) is 0 Å². The summed E-state index contributed by atoms with van der Waals surface area (Å²) in [7, 11) is 0. The normalized spacial score (nSPS) is 11.1. The topological polar surface area (TPSA) is 59.4 Å². The molecule has 0 amide bonds. The minimum Gasteiger partial charge on any atom is -0.494 e. The van der Waals surface area contributed by atoms with Gasteiger partial charge in [0.1, 0.15) is 5.75 Å². The zero-order valence-electron chi connectivity index (χ0n) is 18.1. The number of unbranched alkanes of at least 4 members (excludes halogenated alkanes) is 4. The zero-order valence-corrected chi connectivity index (χ0v) is 19.7. The van der Waals surface area contributed by atoms with Crippen LogP contribution >= 0.6 is 15.9 Å². The zero-order chi connectivity index (χ0) is 21.9. The third-order valence-electron chi connectivity index (χ3n) is 4.75. The smallest absolute Gasteiger partial charge is 0.161 e. The van der Waals surface area contributed by atoms with Crippen molar-refractivity contribution in [1.82, 2.24) is 9.97 Å². The number of hydrogen-bond acceptors (Lipinski definition) is 5. The Morgan fingerprint density at radius 3 is 2.45 bits per heavy atom. The van der Waals surface area contributed by atoms with Gasteiger partial charge in [0.2, 0.25) is 0 Å². The Morgan fingerprint density at radius 1 is 0.968 bits per heavy atom. The minimum atomic E-state index is 0.657. The molecule has 6 heteroatoms. The van der Waals surface area contributed by atoms with Crippen LogP contribution in [-0.4, -0.2) is 22.8 Å². The van der Waals surface area contributed by atoms with Gasteiger partial charge >= 0.3 is 0 Å². The van der Waals surface area contributed by atoms with E-state index in [2.05, 4.69) is 43.3 Å². The van der Waals surface area contributed by atoms with Crippen molar-refractivity contribution in [3.8, 4) is 17.1 Å². The predicted molar refractivity (Wildman–Crippen MR) is 132 cm³/mol. The van der Waals surface area contributed by atoms with Gasteiger partial charge in [-0.25, -0.2) is 9.97 Å². The lowest BCUT2D eigenvalue weighted by Crippen LogP contribution is -1.99. The summed E-state index contributed by atoms with van der Waals surface area (Å²) in [5.74, 6) is 2.22. The highest BCUT2D eigenvalue weighted by Crippen LogP contribution is 2.20. The second-order valence-electron chi connectivity index (χ2n) is 7.43. The summed E-state index contributed by atoms with van der Waals surface area (Å²) in [6.07, 6.45) is 7.97. The maximum Gasteiger partial charge on any atom is 0.161 e. The Balaban J connectivity index is 1.52. The molecule has 31 heavy (non-hydrogen) atoms. The van der Waals surface area contributed by atoms with Crippen LogP contribution in [0, 0.1) is 6.92 Å². The van der Waals surface area contributed by atoms with E-state index in [1.165, 1.54) is 25.7 Å². The van der Waals surface area contributed by atoms with Crippen LogP contribution in [0.15, 0.2) is 64.2 Å². The summed E-state index contributed by atoms with van der Waals surface area (Å²) >= 11 is 3.45. The molecule has 0 fully saturated rings. The lowest BCUT2D eigenvalue weighted by Gasteiger charge is -2.07. The highest BCUT2D eigenvalue weighted by Gasteiger charge is 2.05. The number of nitrogens with one attached hydrogen (secondary N) is 1. The molecule has 0 radical (unpaired) electrons. The Kier molecular flexibility index (Phi) is 9.03. The van der Waals surface area contributed by atoms with E-state index in [0.29, 0.717) is 11.6 Å². The van der Waals surface area contributed by atoms with Gasteiger partial charge in [0.05, 0.1) is 12.8 Å². The average Bonchev–Trinajstić information content (AvgIpc) is 2.77. The summed E-state index contributed by atoms with van der Waals surface area (Å²) in [5.41, 5.74) is 5.83. The van der Waals surface area contributed by atoms with Gasteiger partial charge in [-0.15, -0.1) is 0 Å². The molecule has 5 nitrogen and oxygen atoms in total. The first-order valence-electron chi connectivity index (χ1n) is 10.8. The van der Waals surface area contributed by atoms with Crippen molar-refractivity contribution < 1.29 is 4.74 Å². The van der Waals surface area contributed by atoms with E-state index in [1.807, 2.05) is 61.5 Å². The fourth-order valence-corrected chi connectivity index (χ4v) is 3.34. The van der Waals surface area contributed by atoms with Gasteiger partial charge in [0, 0.05) is 21.8 Å². The monoisotopic (exact) mass is 480 g/mol. The molecule has 2 aromatic carbocycles. The van der Waals surface area contributed by atoms with Crippen LogP contribution in [0.25, 0.3) is 11.4 Å². The number of nitrogens with zero attached hydrogens (tertiary/aromatic N) is 3. The van der Waals surface area contributed by atoms with Gasteiger partial charge < -0.3 is 4.74 Å². The van der Waals surface area contributed by atoms with Crippen LogP contribution in [0.5, 0.6) is 5.75 Å². The van der Waals surface area contributed by atoms with Crippen molar-refractivity contribution in [3.63, 3.8) is 0 Å². The maximum atomic E-state index is 5.81. The fraction of sp³-hybridized carbons (Fsp3) is 0.320. The highest BCUT2D eigenvalue weighted by atomic mass is 79.9. The lowest BCUT2D eigenvalue weighted by molar-refractivity contribution is 0.304. The molecule has 1 heterocycles. The van der Waals surface area contributed by atoms with Gasteiger partial charge in [-0.2, -0.15) is 5.10 Å². The Morgan fingerprint density at radius 2 is 1.71 bits per heavy atom. The second kappa shape index (κ2) is 12.2. The van der Waals surface area contributed by atoms with Gasteiger partial charge in [0.15, 0.2) is 11.6 Å². The van der Waals surface area contributed by atoms with E-state index in [4.69, 9.17) is 4.74 Å². The summed E-state index contributed by atoms with van der Waals surface area (Å²) in [6.45, 7) is 4.95. The number of aryl methyl sites for hydroxylation is 1. The number of aromatic nitrogens is 2. The number of benzene rings is 2. The van der Waals surface area contributed by atoms with E-state index in [1.54, 1.807) is 6.21 Å². The maximum absolute atomic E-state index is 5.81. The average molecular weight is 481 g/mol. The summed E-state index contributed by atoms with van der Waals surface area (Å²) in [4.78, 5) is 9.09. The second-order valence-corrected chi connectivity index (χ2v) is 8.34. The van der Waals surface area contributed by atoms with Crippen LogP contribution in [0.1, 0.15) is 50.3 Å². The first-order chi connectivity index (χ1) is 15.1. The van der Waals surface area contributed by atoms with E-state index < -0.39 is 0 Å². The summed E-state index contributed by atoms with van der Waals surface area (Å²) in [5, 5.41) is 4.32. The lowest BCUT2D eigenvalue weighted by atomic mass is 10.2. The number of ether oxygens (including phenoxy) is 1. The van der Waals surface area contributed by atoms with Crippen molar-refractivity contribution in [3.05, 3.63) is 70.3 Å². The molecule has 0 unspecified atom stereocenters. The predicted octanol–water partition coefficient (Wildman–Crippen LogP) is 7.01. The SMILES string of the molecule is CCCCCCCOc1ccc(/C=N/Nc2cc(C)nc(-c3ccc(Br)cc3)n2)cc1. The van der Waals surface area contributed by atoms with Gasteiger partial charge in [0.25, 0.3) is 0 Å². The van der Waals surface area contributed by atoms with Crippen LogP contribution in [0.4, 0.5) is 5.82 Å². The Bertz CT molecular complexity index is 972. The number of anilines is 1. The standard InChI is InChI=1S/C25H29BrN4O/c1-3-4-5-6-7-16-31-23-14-8-20(9-15-23)18-27-30-24-17-19(2)28-25(29-24)21-10-12-22(26)13-11-21/h8-15,17-18H,3-7,16H2,1-2H3,(H,28,29,30)/b27-18+. The molecule has 0 aliphatic rings. The molecule has 0 spiro atoms.